The van der Waals surface area contributed by atoms with Gasteiger partial charge in [0, 0.05) is 24.2 Å². The average molecular weight is 446 g/mol. The Hall–Kier alpha value is -4.86. The Kier molecular flexibility index (Phi) is 7.58. The molecule has 10 nitrogen and oxygen atoms in total. The molecule has 166 valence electrons. The minimum absolute atomic E-state index is 0.121. The van der Waals surface area contributed by atoms with Crippen LogP contribution in [0.3, 0.4) is 0 Å². The molecule has 3 rings (SSSR count). The maximum absolute atomic E-state index is 12.3. The normalized spacial score (nSPS) is 10.4. The Bertz CT molecular complexity index is 1190. The second kappa shape index (κ2) is 11.0. The highest BCUT2D eigenvalue weighted by Gasteiger charge is 2.14. The molecule has 0 saturated heterocycles. The molecule has 0 unspecified atom stereocenters. The minimum atomic E-state index is -0.956. The molecule has 0 aliphatic carbocycles. The van der Waals surface area contributed by atoms with Gasteiger partial charge in [0.1, 0.15) is 5.75 Å². The van der Waals surface area contributed by atoms with Crippen LogP contribution in [-0.2, 0) is 16.1 Å². The Morgan fingerprint density at radius 3 is 2.27 bits per heavy atom. The SMILES string of the molecule is O=C(NCc1ccccc1)C(=O)N/N=C/c1ccccc1OC(=O)c1ccc([N+](=O)[O-])cc1. The van der Waals surface area contributed by atoms with Crippen molar-refractivity contribution < 1.29 is 24.0 Å². The molecule has 10 heteroatoms. The van der Waals surface area contributed by atoms with Gasteiger partial charge in [0.2, 0.25) is 0 Å². The van der Waals surface area contributed by atoms with Crippen molar-refractivity contribution in [1.82, 2.24) is 10.7 Å². The Morgan fingerprint density at radius 2 is 1.58 bits per heavy atom. The van der Waals surface area contributed by atoms with E-state index in [1.807, 2.05) is 30.3 Å². The Balaban J connectivity index is 1.58. The summed E-state index contributed by atoms with van der Waals surface area (Å²) in [4.78, 5) is 46.3. The zero-order valence-electron chi connectivity index (χ0n) is 17.1. The van der Waals surface area contributed by atoms with E-state index in [4.69, 9.17) is 4.74 Å². The molecule has 0 aliphatic rings. The number of rotatable bonds is 7. The van der Waals surface area contributed by atoms with Crippen LogP contribution in [0.1, 0.15) is 21.5 Å². The van der Waals surface area contributed by atoms with Gasteiger partial charge in [-0.3, -0.25) is 19.7 Å². The highest BCUT2D eigenvalue weighted by atomic mass is 16.6. The van der Waals surface area contributed by atoms with Gasteiger partial charge in [-0.2, -0.15) is 5.10 Å². The number of nitro groups is 1. The van der Waals surface area contributed by atoms with Crippen LogP contribution in [0.15, 0.2) is 84.0 Å². The van der Waals surface area contributed by atoms with Gasteiger partial charge in [-0.25, -0.2) is 10.2 Å². The number of nitro benzene ring substituents is 1. The number of hydrogen-bond acceptors (Lipinski definition) is 7. The maximum Gasteiger partial charge on any atom is 0.343 e. The average Bonchev–Trinajstić information content (AvgIpc) is 2.84. The predicted octanol–water partition coefficient (Wildman–Crippen LogP) is 2.58. The molecule has 0 spiro atoms. The molecule has 0 radical (unpaired) electrons. The number of carbonyl (C=O) groups is 3. The predicted molar refractivity (Wildman–Crippen MR) is 119 cm³/mol. The van der Waals surface area contributed by atoms with Crippen molar-refractivity contribution in [2.45, 2.75) is 6.54 Å². The first-order valence-corrected chi connectivity index (χ1v) is 9.65. The summed E-state index contributed by atoms with van der Waals surface area (Å²) < 4.78 is 5.33. The van der Waals surface area contributed by atoms with Gasteiger partial charge in [-0.1, -0.05) is 42.5 Å². The highest BCUT2D eigenvalue weighted by molar-refractivity contribution is 6.35. The third kappa shape index (κ3) is 6.56. The summed E-state index contributed by atoms with van der Waals surface area (Å²) in [6.45, 7) is 0.193. The van der Waals surface area contributed by atoms with Gasteiger partial charge in [0.25, 0.3) is 5.69 Å². The first-order chi connectivity index (χ1) is 15.9. The van der Waals surface area contributed by atoms with E-state index in [1.165, 1.54) is 36.5 Å². The molecular formula is C23H18N4O6. The quantitative estimate of drug-likeness (QED) is 0.143. The van der Waals surface area contributed by atoms with Gasteiger partial charge >= 0.3 is 17.8 Å². The van der Waals surface area contributed by atoms with E-state index in [0.29, 0.717) is 5.56 Å². The summed E-state index contributed by atoms with van der Waals surface area (Å²) in [5.41, 5.74) is 3.28. The molecule has 0 aromatic heterocycles. The van der Waals surface area contributed by atoms with Crippen LogP contribution in [0.25, 0.3) is 0 Å². The summed E-state index contributed by atoms with van der Waals surface area (Å²) in [6.07, 6.45) is 1.22. The standard InChI is InChI=1S/C23H18N4O6/c28-21(24-14-16-6-2-1-3-7-16)22(29)26-25-15-18-8-4-5-9-20(18)33-23(30)17-10-12-19(13-11-17)27(31)32/h1-13,15H,14H2,(H,24,28)(H,26,29)/b25-15+. The Labute approximate surface area is 188 Å². The second-order valence-electron chi connectivity index (χ2n) is 6.60. The lowest BCUT2D eigenvalue weighted by molar-refractivity contribution is -0.384. The number of benzene rings is 3. The first kappa shape index (κ1) is 22.8. The lowest BCUT2D eigenvalue weighted by Gasteiger charge is -2.07. The molecule has 0 bridgehead atoms. The summed E-state index contributed by atoms with van der Waals surface area (Å²) >= 11 is 0. The topological polar surface area (TPSA) is 140 Å². The number of carbonyl (C=O) groups excluding carboxylic acids is 3. The number of ether oxygens (including phenoxy) is 1. The van der Waals surface area contributed by atoms with Gasteiger partial charge in [0.15, 0.2) is 0 Å². The number of esters is 1. The van der Waals surface area contributed by atoms with Crippen molar-refractivity contribution in [3.63, 3.8) is 0 Å². The molecule has 2 amide bonds. The molecule has 0 fully saturated rings. The summed E-state index contributed by atoms with van der Waals surface area (Å²) in [6, 6.07) is 20.5. The minimum Gasteiger partial charge on any atom is -0.422 e. The molecule has 0 heterocycles. The van der Waals surface area contributed by atoms with E-state index in [2.05, 4.69) is 15.8 Å². The van der Waals surface area contributed by atoms with Crippen LogP contribution >= 0.6 is 0 Å². The largest absolute Gasteiger partial charge is 0.422 e. The molecular weight excluding hydrogens is 428 g/mol. The number of para-hydroxylation sites is 1. The van der Waals surface area contributed by atoms with Crippen LogP contribution in [0.5, 0.6) is 5.75 Å². The van der Waals surface area contributed by atoms with Gasteiger partial charge in [0.05, 0.1) is 16.7 Å². The second-order valence-corrected chi connectivity index (χ2v) is 6.60. The van der Waals surface area contributed by atoms with Gasteiger partial charge < -0.3 is 10.1 Å². The van der Waals surface area contributed by atoms with Crippen LogP contribution in [0, 0.1) is 10.1 Å². The van der Waals surface area contributed by atoms with E-state index in [-0.39, 0.29) is 23.5 Å². The van der Waals surface area contributed by atoms with E-state index < -0.39 is 22.7 Å². The van der Waals surface area contributed by atoms with Crippen molar-refractivity contribution in [2.75, 3.05) is 0 Å². The maximum atomic E-state index is 12.3. The van der Waals surface area contributed by atoms with Crippen molar-refractivity contribution in [1.29, 1.82) is 0 Å². The van der Waals surface area contributed by atoms with E-state index in [9.17, 15) is 24.5 Å². The molecule has 2 N–H and O–H groups in total. The number of hydrazone groups is 1. The lowest BCUT2D eigenvalue weighted by atomic mass is 10.2. The van der Waals surface area contributed by atoms with Crippen LogP contribution < -0.4 is 15.5 Å². The fourth-order valence-electron chi connectivity index (χ4n) is 2.63. The Morgan fingerprint density at radius 1 is 0.909 bits per heavy atom. The van der Waals surface area contributed by atoms with E-state index in [0.717, 1.165) is 5.56 Å². The summed E-state index contributed by atoms with van der Waals surface area (Å²) in [5, 5.41) is 16.9. The van der Waals surface area contributed by atoms with Crippen LogP contribution in [-0.4, -0.2) is 28.9 Å². The van der Waals surface area contributed by atoms with E-state index >= 15 is 0 Å². The zero-order chi connectivity index (χ0) is 23.6. The number of hydrogen-bond donors (Lipinski definition) is 2. The monoisotopic (exact) mass is 446 g/mol. The zero-order valence-corrected chi connectivity index (χ0v) is 17.1. The smallest absolute Gasteiger partial charge is 0.343 e. The van der Waals surface area contributed by atoms with Crippen molar-refractivity contribution in [3.05, 3.63) is 106 Å². The molecule has 0 saturated carbocycles. The van der Waals surface area contributed by atoms with Crippen molar-refractivity contribution in [3.8, 4) is 5.75 Å². The van der Waals surface area contributed by atoms with Crippen molar-refractivity contribution in [2.24, 2.45) is 5.10 Å². The van der Waals surface area contributed by atoms with Crippen LogP contribution in [0.4, 0.5) is 5.69 Å². The molecule has 3 aromatic carbocycles. The summed E-state index contributed by atoms with van der Waals surface area (Å²) in [7, 11) is 0. The molecule has 3 aromatic rings. The molecule has 0 aliphatic heterocycles. The number of nitrogens with one attached hydrogen (secondary N) is 2. The third-order valence-corrected chi connectivity index (χ3v) is 4.31. The highest BCUT2D eigenvalue weighted by Crippen LogP contribution is 2.19. The number of nitrogens with zero attached hydrogens (tertiary/aromatic N) is 2. The molecule has 33 heavy (non-hydrogen) atoms. The number of non-ortho nitro benzene ring substituents is 1. The van der Waals surface area contributed by atoms with E-state index in [1.54, 1.807) is 18.2 Å². The fourth-order valence-corrected chi connectivity index (χ4v) is 2.63. The van der Waals surface area contributed by atoms with Gasteiger partial charge in [-0.05, 0) is 29.8 Å². The molecule has 0 atom stereocenters. The third-order valence-electron chi connectivity index (χ3n) is 4.31. The van der Waals surface area contributed by atoms with Gasteiger partial charge in [-0.15, -0.1) is 0 Å². The summed E-state index contributed by atoms with van der Waals surface area (Å²) in [5.74, 6) is -2.39. The number of amides is 2. The fraction of sp³-hybridized carbons (Fsp3) is 0.0435. The van der Waals surface area contributed by atoms with Crippen molar-refractivity contribution >= 4 is 29.7 Å². The van der Waals surface area contributed by atoms with Crippen LogP contribution in [0.2, 0.25) is 0 Å². The first-order valence-electron chi connectivity index (χ1n) is 9.65. The lowest BCUT2D eigenvalue weighted by Crippen LogP contribution is -2.37.